The van der Waals surface area contributed by atoms with Gasteiger partial charge in [-0.15, -0.1) is 10.2 Å². The molecule has 2 heterocycles. The van der Waals surface area contributed by atoms with E-state index in [1.54, 1.807) is 4.90 Å². The average molecular weight is 484 g/mol. The zero-order valence-corrected chi connectivity index (χ0v) is 20.8. The molecule has 5 rings (SSSR count). The number of rotatable bonds is 7. The summed E-state index contributed by atoms with van der Waals surface area (Å²) in [5.41, 5.74) is 2.94. The number of carbonyl (C=O) groups is 2. The third-order valence-electron chi connectivity index (χ3n) is 7.16. The van der Waals surface area contributed by atoms with Gasteiger partial charge in [-0.3, -0.25) is 9.59 Å². The second kappa shape index (κ2) is 10.9. The second-order valence-electron chi connectivity index (χ2n) is 9.69. The summed E-state index contributed by atoms with van der Waals surface area (Å²) in [5.74, 6) is 1.01. The fraction of sp³-hybridized carbons (Fsp3) is 0.379. The van der Waals surface area contributed by atoms with Gasteiger partial charge < -0.3 is 14.7 Å². The van der Waals surface area contributed by atoms with Crippen molar-refractivity contribution in [2.24, 2.45) is 5.92 Å². The van der Waals surface area contributed by atoms with Crippen LogP contribution >= 0.6 is 0 Å². The van der Waals surface area contributed by atoms with Crippen LogP contribution in [0.4, 0.5) is 5.82 Å². The fourth-order valence-corrected chi connectivity index (χ4v) is 4.78. The second-order valence-corrected chi connectivity index (χ2v) is 9.69. The van der Waals surface area contributed by atoms with Crippen LogP contribution in [0.15, 0.2) is 72.8 Å². The molecule has 0 bridgehead atoms. The van der Waals surface area contributed by atoms with Crippen LogP contribution in [0.3, 0.4) is 0 Å². The molecule has 186 valence electrons. The smallest absolute Gasteiger partial charge is 0.242 e. The maximum absolute atomic E-state index is 13.4. The quantitative estimate of drug-likeness (QED) is 0.504. The molecule has 0 N–H and O–H groups in total. The van der Waals surface area contributed by atoms with E-state index in [4.69, 9.17) is 0 Å². The van der Waals surface area contributed by atoms with Crippen molar-refractivity contribution in [2.45, 2.75) is 32.2 Å². The summed E-state index contributed by atoms with van der Waals surface area (Å²) in [6.07, 6.45) is 2.69. The summed E-state index contributed by atoms with van der Waals surface area (Å²) in [5, 5.41) is 8.89. The Labute approximate surface area is 212 Å². The van der Waals surface area contributed by atoms with E-state index in [0.29, 0.717) is 19.6 Å². The zero-order valence-electron chi connectivity index (χ0n) is 20.8. The van der Waals surface area contributed by atoms with Crippen molar-refractivity contribution >= 4 is 17.6 Å². The molecule has 2 amide bonds. The van der Waals surface area contributed by atoms with E-state index in [9.17, 15) is 9.59 Å². The first-order valence-corrected chi connectivity index (χ1v) is 12.9. The molecule has 0 unspecified atom stereocenters. The lowest BCUT2D eigenvalue weighted by molar-refractivity contribution is -0.143. The van der Waals surface area contributed by atoms with E-state index < -0.39 is 0 Å². The minimum atomic E-state index is -0.134. The number of hydrogen-bond donors (Lipinski definition) is 0. The van der Waals surface area contributed by atoms with Crippen LogP contribution in [0.1, 0.15) is 37.8 Å². The molecule has 36 heavy (non-hydrogen) atoms. The lowest BCUT2D eigenvalue weighted by atomic mass is 10.1. The number of amides is 2. The molecule has 3 aromatic rings. The highest BCUT2D eigenvalue weighted by molar-refractivity contribution is 5.87. The summed E-state index contributed by atoms with van der Waals surface area (Å²) < 4.78 is 0. The molecule has 2 fully saturated rings. The van der Waals surface area contributed by atoms with Crippen molar-refractivity contribution in [1.82, 2.24) is 20.0 Å². The van der Waals surface area contributed by atoms with Gasteiger partial charge in [-0.1, -0.05) is 60.7 Å². The summed E-state index contributed by atoms with van der Waals surface area (Å²) in [6.45, 7) is 4.92. The first kappa shape index (κ1) is 24.0. The molecule has 7 heteroatoms. The van der Waals surface area contributed by atoms with Crippen LogP contribution in [0.5, 0.6) is 0 Å². The van der Waals surface area contributed by atoms with Crippen molar-refractivity contribution in [3.8, 4) is 11.3 Å². The van der Waals surface area contributed by atoms with Gasteiger partial charge in [0.25, 0.3) is 0 Å². The lowest BCUT2D eigenvalue weighted by Gasteiger charge is -2.32. The van der Waals surface area contributed by atoms with Gasteiger partial charge in [0.05, 0.1) is 11.7 Å². The summed E-state index contributed by atoms with van der Waals surface area (Å²) in [7, 11) is 0. The van der Waals surface area contributed by atoms with Gasteiger partial charge in [0.15, 0.2) is 5.82 Å². The van der Waals surface area contributed by atoms with Crippen LogP contribution in [-0.4, -0.2) is 64.5 Å². The van der Waals surface area contributed by atoms with Crippen molar-refractivity contribution in [3.63, 3.8) is 0 Å². The number of benzene rings is 2. The van der Waals surface area contributed by atoms with Crippen molar-refractivity contribution < 1.29 is 9.59 Å². The van der Waals surface area contributed by atoms with Gasteiger partial charge in [-0.2, -0.15) is 0 Å². The van der Waals surface area contributed by atoms with Crippen LogP contribution in [-0.2, 0) is 9.59 Å². The van der Waals surface area contributed by atoms with Crippen LogP contribution in [0.2, 0.25) is 0 Å². The highest BCUT2D eigenvalue weighted by Gasteiger charge is 2.37. The van der Waals surface area contributed by atoms with Crippen LogP contribution in [0, 0.1) is 5.92 Å². The summed E-state index contributed by atoms with van der Waals surface area (Å²) in [6, 6.07) is 23.9. The molecule has 1 aliphatic heterocycles. The van der Waals surface area contributed by atoms with Crippen LogP contribution < -0.4 is 4.90 Å². The van der Waals surface area contributed by atoms with E-state index in [2.05, 4.69) is 15.1 Å². The fourth-order valence-electron chi connectivity index (χ4n) is 4.78. The van der Waals surface area contributed by atoms with Crippen molar-refractivity contribution in [2.75, 3.05) is 37.6 Å². The Balaban J connectivity index is 1.22. The maximum Gasteiger partial charge on any atom is 0.242 e. The molecule has 0 spiro atoms. The molecule has 0 radical (unpaired) electrons. The molecule has 1 saturated heterocycles. The molecule has 1 atom stereocenters. The molecule has 7 nitrogen and oxygen atoms in total. The first-order chi connectivity index (χ1) is 17.6. The zero-order chi connectivity index (χ0) is 24.9. The molecule has 2 aliphatic rings. The Hall–Kier alpha value is -3.74. The van der Waals surface area contributed by atoms with Gasteiger partial charge in [0, 0.05) is 37.7 Å². The third-order valence-corrected chi connectivity index (χ3v) is 7.16. The number of aromatic nitrogens is 2. The predicted octanol–water partition coefficient (Wildman–Crippen LogP) is 4.18. The van der Waals surface area contributed by atoms with Gasteiger partial charge in [0.1, 0.15) is 6.54 Å². The maximum atomic E-state index is 13.4. The lowest BCUT2D eigenvalue weighted by Crippen LogP contribution is -2.45. The highest BCUT2D eigenvalue weighted by Crippen LogP contribution is 2.34. The van der Waals surface area contributed by atoms with E-state index in [-0.39, 0.29) is 30.3 Å². The summed E-state index contributed by atoms with van der Waals surface area (Å²) in [4.78, 5) is 32.4. The Bertz CT molecular complexity index is 1170. The van der Waals surface area contributed by atoms with Crippen molar-refractivity contribution in [3.05, 3.63) is 78.4 Å². The monoisotopic (exact) mass is 483 g/mol. The summed E-state index contributed by atoms with van der Waals surface area (Å²) >= 11 is 0. The normalized spacial score (nSPS) is 16.8. The standard InChI is InChI=1S/C29H33N5O2/c1-22(23-9-4-2-5-10-23)34(29(36)25-13-14-25)21-28(35)33-18-8-17-32(19-20-33)27-16-15-26(30-31-27)24-11-6-3-7-12-24/h2-7,9-12,15-16,22,25H,8,13-14,17-21H2,1H3/t22-/m0/s1. The van der Waals surface area contributed by atoms with E-state index >= 15 is 0 Å². The average Bonchev–Trinajstić information content (AvgIpc) is 3.80. The SMILES string of the molecule is C[C@@H](c1ccccc1)N(CC(=O)N1CCCN(c2ccc(-c3ccccc3)nn2)CC1)C(=O)C1CC1. The Kier molecular flexibility index (Phi) is 7.26. The Morgan fingerprint density at radius 3 is 2.28 bits per heavy atom. The van der Waals surface area contributed by atoms with Gasteiger partial charge in [-0.05, 0) is 43.9 Å². The van der Waals surface area contributed by atoms with E-state index in [1.165, 1.54) is 0 Å². The molecule has 1 aromatic heterocycles. The minimum Gasteiger partial charge on any atom is -0.353 e. The molecule has 1 aliphatic carbocycles. The number of anilines is 1. The van der Waals surface area contributed by atoms with Crippen molar-refractivity contribution in [1.29, 1.82) is 0 Å². The number of carbonyl (C=O) groups excluding carboxylic acids is 2. The molecular formula is C29H33N5O2. The number of nitrogens with zero attached hydrogens (tertiary/aromatic N) is 5. The molecular weight excluding hydrogens is 450 g/mol. The van der Waals surface area contributed by atoms with Gasteiger partial charge >= 0.3 is 0 Å². The Morgan fingerprint density at radius 2 is 1.61 bits per heavy atom. The minimum absolute atomic E-state index is 0.0131. The van der Waals surface area contributed by atoms with Crippen LogP contribution in [0.25, 0.3) is 11.3 Å². The predicted molar refractivity (Wildman–Crippen MR) is 140 cm³/mol. The topological polar surface area (TPSA) is 69.6 Å². The molecule has 2 aromatic carbocycles. The first-order valence-electron chi connectivity index (χ1n) is 12.9. The van der Waals surface area contributed by atoms with E-state index in [1.807, 2.05) is 84.6 Å². The van der Waals surface area contributed by atoms with E-state index in [0.717, 1.165) is 48.4 Å². The Morgan fingerprint density at radius 1 is 0.889 bits per heavy atom. The van der Waals surface area contributed by atoms with Gasteiger partial charge in [-0.25, -0.2) is 0 Å². The third kappa shape index (κ3) is 5.56. The molecule has 1 saturated carbocycles. The van der Waals surface area contributed by atoms with Gasteiger partial charge in [0.2, 0.25) is 11.8 Å². The highest BCUT2D eigenvalue weighted by atomic mass is 16.2. The number of hydrogen-bond acceptors (Lipinski definition) is 5. The largest absolute Gasteiger partial charge is 0.353 e.